The summed E-state index contributed by atoms with van der Waals surface area (Å²) < 4.78 is 34.0. The minimum absolute atomic E-state index is 0.0607. The molecule has 1 aliphatic rings. The van der Waals surface area contributed by atoms with Crippen LogP contribution in [0.1, 0.15) is 55.0 Å². The van der Waals surface area contributed by atoms with Gasteiger partial charge < -0.3 is 10.1 Å². The van der Waals surface area contributed by atoms with Crippen LogP contribution < -0.4 is 10.1 Å². The Morgan fingerprint density at radius 1 is 1.22 bits per heavy atom. The molecule has 10 nitrogen and oxygen atoms in total. The zero-order chi connectivity index (χ0) is 25.8. The number of rotatable bonds is 5. The molecule has 1 N–H and O–H groups in total. The van der Waals surface area contributed by atoms with E-state index in [0.717, 1.165) is 24.1 Å². The van der Waals surface area contributed by atoms with E-state index in [4.69, 9.17) is 4.74 Å². The lowest BCUT2D eigenvalue weighted by atomic mass is 10.2. The molecular formula is C25H28N6O4S. The molecule has 11 heteroatoms. The Kier molecular flexibility index (Phi) is 5.62. The second-order valence-corrected chi connectivity index (χ2v) is 12.5. The zero-order valence-electron chi connectivity index (χ0n) is 20.8. The van der Waals surface area contributed by atoms with Crippen molar-refractivity contribution >= 4 is 21.4 Å². The van der Waals surface area contributed by atoms with Gasteiger partial charge in [0.2, 0.25) is 0 Å². The summed E-state index contributed by atoms with van der Waals surface area (Å²) in [6, 6.07) is 7.05. The van der Waals surface area contributed by atoms with Crippen LogP contribution in [0.3, 0.4) is 0 Å². The van der Waals surface area contributed by atoms with Crippen LogP contribution in [-0.4, -0.2) is 50.3 Å². The van der Waals surface area contributed by atoms with E-state index < -0.39 is 14.6 Å². The number of aryl methyl sites for hydroxylation is 2. The average Bonchev–Trinajstić information content (AvgIpc) is 3.54. The minimum Gasteiger partial charge on any atom is -0.495 e. The van der Waals surface area contributed by atoms with Crippen molar-refractivity contribution < 1.29 is 17.9 Å². The van der Waals surface area contributed by atoms with Crippen LogP contribution in [0.4, 0.5) is 0 Å². The van der Waals surface area contributed by atoms with Gasteiger partial charge in [0.05, 0.1) is 35.5 Å². The molecule has 0 bridgehead atoms. The highest BCUT2D eigenvalue weighted by Crippen LogP contribution is 2.34. The van der Waals surface area contributed by atoms with Crippen LogP contribution in [-0.2, 0) is 23.3 Å². The maximum Gasteiger partial charge on any atom is 0.270 e. The largest absolute Gasteiger partial charge is 0.495 e. The number of carbonyl (C=O) groups is 1. The molecule has 1 amide bonds. The van der Waals surface area contributed by atoms with Crippen LogP contribution in [0.5, 0.6) is 5.75 Å². The molecule has 0 fully saturated rings. The topological polar surface area (TPSA) is 120 Å². The number of amides is 1. The van der Waals surface area contributed by atoms with Gasteiger partial charge in [-0.2, -0.15) is 5.10 Å². The summed E-state index contributed by atoms with van der Waals surface area (Å²) in [6.07, 6.45) is 6.51. The van der Waals surface area contributed by atoms with Gasteiger partial charge in [0.1, 0.15) is 27.7 Å². The summed E-state index contributed by atoms with van der Waals surface area (Å²) in [5.41, 5.74) is 3.97. The Labute approximate surface area is 209 Å². The van der Waals surface area contributed by atoms with Crippen molar-refractivity contribution in [1.29, 1.82) is 0 Å². The number of ether oxygens (including phenoxy) is 1. The van der Waals surface area contributed by atoms with Crippen molar-refractivity contribution in [3.8, 4) is 17.1 Å². The van der Waals surface area contributed by atoms with E-state index in [0.29, 0.717) is 22.7 Å². The summed E-state index contributed by atoms with van der Waals surface area (Å²) in [5, 5.41) is 7.59. The highest BCUT2D eigenvalue weighted by molar-refractivity contribution is 7.92. The van der Waals surface area contributed by atoms with Crippen molar-refractivity contribution in [3.63, 3.8) is 0 Å². The maximum absolute atomic E-state index is 13.3. The van der Waals surface area contributed by atoms with Gasteiger partial charge in [-0.1, -0.05) is 6.07 Å². The summed E-state index contributed by atoms with van der Waals surface area (Å²) in [7, 11) is -0.586. The third kappa shape index (κ3) is 3.83. The molecular weight excluding hydrogens is 480 g/mol. The highest BCUT2D eigenvalue weighted by atomic mass is 32.2. The van der Waals surface area contributed by atoms with Crippen molar-refractivity contribution in [2.45, 2.75) is 49.3 Å². The quantitative estimate of drug-likeness (QED) is 0.440. The van der Waals surface area contributed by atoms with Gasteiger partial charge in [0, 0.05) is 25.5 Å². The third-order valence-electron chi connectivity index (χ3n) is 6.53. The predicted octanol–water partition coefficient (Wildman–Crippen LogP) is 3.13. The van der Waals surface area contributed by atoms with E-state index in [1.54, 1.807) is 56.7 Å². The molecule has 1 aliphatic carbocycles. The summed E-state index contributed by atoms with van der Waals surface area (Å²) in [5.74, 6) is -0.0349. The minimum atomic E-state index is -3.71. The molecule has 4 aromatic heterocycles. The Morgan fingerprint density at radius 3 is 2.72 bits per heavy atom. The second kappa shape index (κ2) is 8.44. The molecule has 0 spiro atoms. The number of nitrogens with one attached hydrogen (secondary N) is 1. The average molecular weight is 509 g/mol. The van der Waals surface area contributed by atoms with E-state index in [1.165, 1.54) is 18.0 Å². The first-order valence-electron chi connectivity index (χ1n) is 11.6. The smallest absolute Gasteiger partial charge is 0.270 e. The summed E-state index contributed by atoms with van der Waals surface area (Å²) >= 11 is 0. The number of pyridine rings is 2. The van der Waals surface area contributed by atoms with E-state index >= 15 is 0 Å². The predicted molar refractivity (Wildman–Crippen MR) is 134 cm³/mol. The van der Waals surface area contributed by atoms with Gasteiger partial charge in [-0.3, -0.25) is 18.9 Å². The molecule has 36 heavy (non-hydrogen) atoms. The van der Waals surface area contributed by atoms with E-state index in [2.05, 4.69) is 20.4 Å². The van der Waals surface area contributed by atoms with Crippen LogP contribution in [0, 0.1) is 0 Å². The monoisotopic (exact) mass is 508 g/mol. The second-order valence-electron chi connectivity index (χ2n) is 9.84. The standard InChI is InChI=1S/C25H28N6O4S/c1-25(2,3)36(33,34)21-14-31-19(13-27-22(31)12-20(21)35-5)17-11-18(30(4)29-17)24(32)28-16-9-8-15-7-6-10-26-23(15)16/h6-7,10-14,16H,8-9H2,1-5H3,(H,28,32)/t16-/m0/s1. The fourth-order valence-electron chi connectivity index (χ4n) is 4.46. The van der Waals surface area contributed by atoms with E-state index in [-0.39, 0.29) is 22.6 Å². The summed E-state index contributed by atoms with van der Waals surface area (Å²) in [6.45, 7) is 4.92. The lowest BCUT2D eigenvalue weighted by molar-refractivity contribution is 0.0926. The van der Waals surface area contributed by atoms with Gasteiger partial charge in [-0.15, -0.1) is 0 Å². The Bertz CT molecular complexity index is 1600. The van der Waals surface area contributed by atoms with E-state index in [1.807, 2.05) is 12.1 Å². The Hall–Kier alpha value is -3.73. The van der Waals surface area contributed by atoms with Crippen molar-refractivity contribution in [3.05, 3.63) is 59.8 Å². The molecule has 1 atom stereocenters. The lowest BCUT2D eigenvalue weighted by Gasteiger charge is -2.21. The van der Waals surface area contributed by atoms with Gasteiger partial charge in [0.15, 0.2) is 9.84 Å². The zero-order valence-corrected chi connectivity index (χ0v) is 21.6. The molecule has 5 rings (SSSR count). The van der Waals surface area contributed by atoms with Crippen molar-refractivity contribution in [2.75, 3.05) is 7.11 Å². The van der Waals surface area contributed by atoms with Gasteiger partial charge in [-0.05, 0) is 51.3 Å². The number of hydrogen-bond donors (Lipinski definition) is 1. The fourth-order valence-corrected chi connectivity index (χ4v) is 5.77. The van der Waals surface area contributed by atoms with E-state index in [9.17, 15) is 13.2 Å². The number of imidazole rings is 1. The van der Waals surface area contributed by atoms with Gasteiger partial charge >= 0.3 is 0 Å². The number of carbonyl (C=O) groups excluding carboxylic acids is 1. The summed E-state index contributed by atoms with van der Waals surface area (Å²) in [4.78, 5) is 22.1. The van der Waals surface area contributed by atoms with Crippen LogP contribution >= 0.6 is 0 Å². The van der Waals surface area contributed by atoms with Crippen LogP contribution in [0.15, 0.2) is 47.8 Å². The Balaban J connectivity index is 1.51. The van der Waals surface area contributed by atoms with Crippen molar-refractivity contribution in [1.82, 2.24) is 29.5 Å². The van der Waals surface area contributed by atoms with Gasteiger partial charge in [-0.25, -0.2) is 13.4 Å². The number of sulfone groups is 1. The number of hydrogen-bond acceptors (Lipinski definition) is 7. The SMILES string of the molecule is COc1cc2ncc(-c3cc(C(=O)N[C@H]4CCc5cccnc54)n(C)n3)n2cc1S(=O)(=O)C(C)(C)C. The Morgan fingerprint density at radius 2 is 2.00 bits per heavy atom. The third-order valence-corrected chi connectivity index (χ3v) is 9.03. The molecule has 4 aromatic rings. The fraction of sp³-hybridized carbons (Fsp3) is 0.360. The first kappa shape index (κ1) is 24.0. The number of methoxy groups -OCH3 is 1. The van der Waals surface area contributed by atoms with Gasteiger partial charge in [0.25, 0.3) is 5.91 Å². The molecule has 0 aliphatic heterocycles. The molecule has 0 saturated heterocycles. The molecule has 0 unspecified atom stereocenters. The normalized spacial score (nSPS) is 15.8. The van der Waals surface area contributed by atoms with Crippen LogP contribution in [0.2, 0.25) is 0 Å². The maximum atomic E-state index is 13.3. The molecule has 4 heterocycles. The molecule has 0 saturated carbocycles. The molecule has 0 aromatic carbocycles. The lowest BCUT2D eigenvalue weighted by Crippen LogP contribution is -2.29. The first-order chi connectivity index (χ1) is 17.0. The molecule has 188 valence electrons. The number of nitrogens with zero attached hydrogens (tertiary/aromatic N) is 5. The molecule has 0 radical (unpaired) electrons. The number of fused-ring (bicyclic) bond motifs is 2. The highest BCUT2D eigenvalue weighted by Gasteiger charge is 2.34. The first-order valence-corrected chi connectivity index (χ1v) is 13.1. The number of aromatic nitrogens is 5. The van der Waals surface area contributed by atoms with Crippen molar-refractivity contribution in [2.24, 2.45) is 7.05 Å². The van der Waals surface area contributed by atoms with Crippen LogP contribution in [0.25, 0.3) is 17.0 Å².